The largest absolute Gasteiger partial charge is 0.492 e. The Morgan fingerprint density at radius 3 is 2.80 bits per heavy atom. The molecule has 0 saturated carbocycles. The van der Waals surface area contributed by atoms with Crippen LogP contribution in [0.3, 0.4) is 0 Å². The zero-order valence-electron chi connectivity index (χ0n) is 5.52. The van der Waals surface area contributed by atoms with E-state index in [1.165, 1.54) is 19.2 Å². The zero-order chi connectivity index (χ0) is 7.56. The second kappa shape index (κ2) is 2.56. The van der Waals surface area contributed by atoms with Crippen molar-refractivity contribution < 1.29 is 9.13 Å². The van der Waals surface area contributed by atoms with Crippen molar-refractivity contribution in [1.82, 2.24) is 0 Å². The lowest BCUT2D eigenvalue weighted by Crippen LogP contribution is -1.94. The third-order valence-corrected chi connectivity index (χ3v) is 1.14. The van der Waals surface area contributed by atoms with E-state index in [0.717, 1.165) is 0 Å². The van der Waals surface area contributed by atoms with Crippen LogP contribution in [-0.2, 0) is 0 Å². The molecule has 1 radical (unpaired) electrons. The van der Waals surface area contributed by atoms with Crippen molar-refractivity contribution in [1.29, 1.82) is 0 Å². The van der Waals surface area contributed by atoms with Gasteiger partial charge >= 0.3 is 0 Å². The Morgan fingerprint density at radius 1 is 1.70 bits per heavy atom. The third kappa shape index (κ3) is 1.03. The summed E-state index contributed by atoms with van der Waals surface area (Å²) >= 11 is 0. The highest BCUT2D eigenvalue weighted by atomic mass is 19.1. The first-order chi connectivity index (χ1) is 4.75. The molecule has 0 bridgehead atoms. The second-order valence-corrected chi connectivity index (χ2v) is 1.78. The molecule has 2 nitrogen and oxygen atoms in total. The fourth-order valence-corrected chi connectivity index (χ4v) is 0.680. The fourth-order valence-electron chi connectivity index (χ4n) is 0.680. The highest BCUT2D eigenvalue weighted by molar-refractivity contribution is 5.52. The third-order valence-electron chi connectivity index (χ3n) is 1.14. The van der Waals surface area contributed by atoms with Gasteiger partial charge in [0, 0.05) is 6.07 Å². The minimum absolute atomic E-state index is 0.0579. The van der Waals surface area contributed by atoms with Gasteiger partial charge in [0.15, 0.2) is 11.6 Å². The molecule has 1 rings (SSSR count). The van der Waals surface area contributed by atoms with Gasteiger partial charge in [0.05, 0.1) is 12.8 Å². The van der Waals surface area contributed by atoms with Gasteiger partial charge < -0.3 is 10.5 Å². The molecule has 0 heterocycles. The van der Waals surface area contributed by atoms with Crippen LogP contribution in [0.15, 0.2) is 12.1 Å². The monoisotopic (exact) mass is 140 g/mol. The highest BCUT2D eigenvalue weighted by Crippen LogP contribution is 2.22. The first-order valence-corrected chi connectivity index (χ1v) is 2.75. The minimum Gasteiger partial charge on any atom is -0.492 e. The molecular weight excluding hydrogens is 133 g/mol. The van der Waals surface area contributed by atoms with Gasteiger partial charge in [-0.1, -0.05) is 0 Å². The molecule has 0 aliphatic carbocycles. The number of rotatable bonds is 1. The second-order valence-electron chi connectivity index (χ2n) is 1.78. The van der Waals surface area contributed by atoms with Crippen molar-refractivity contribution in [3.63, 3.8) is 0 Å². The summed E-state index contributed by atoms with van der Waals surface area (Å²) in [7, 11) is 1.36. The molecule has 0 aliphatic rings. The molecule has 53 valence electrons. The predicted octanol–water partition coefficient (Wildman–Crippen LogP) is 1.22. The lowest BCUT2D eigenvalue weighted by atomic mass is 10.3. The molecule has 10 heavy (non-hydrogen) atoms. The van der Waals surface area contributed by atoms with E-state index >= 15 is 0 Å². The fraction of sp³-hybridized carbons (Fsp3) is 0.143. The number of methoxy groups -OCH3 is 1. The molecule has 2 N–H and O–H groups in total. The van der Waals surface area contributed by atoms with Gasteiger partial charge in [-0.2, -0.15) is 0 Å². The molecule has 1 aromatic carbocycles. The maximum Gasteiger partial charge on any atom is 0.178 e. The summed E-state index contributed by atoms with van der Waals surface area (Å²) in [5.74, 6) is -0.495. The molecule has 0 fully saturated rings. The van der Waals surface area contributed by atoms with E-state index in [1.54, 1.807) is 0 Å². The summed E-state index contributed by atoms with van der Waals surface area (Å²) in [5.41, 5.74) is 5.64. The molecule has 0 saturated heterocycles. The standard InChI is InChI=1S/C7H7FNO/c1-10-7-5(8)3-2-4-6(7)9/h2,4H,9H2,1H3. The topological polar surface area (TPSA) is 35.2 Å². The SMILES string of the molecule is COc1c(F)[c]ccc1N. The molecule has 0 aliphatic heterocycles. The lowest BCUT2D eigenvalue weighted by molar-refractivity contribution is 0.388. The Kier molecular flexibility index (Phi) is 1.76. The van der Waals surface area contributed by atoms with Crippen molar-refractivity contribution in [2.75, 3.05) is 12.8 Å². The highest BCUT2D eigenvalue weighted by Gasteiger charge is 2.03. The molecule has 0 aromatic heterocycles. The van der Waals surface area contributed by atoms with Gasteiger partial charge in [0.25, 0.3) is 0 Å². The molecular formula is C7H7FNO. The lowest BCUT2D eigenvalue weighted by Gasteiger charge is -2.02. The van der Waals surface area contributed by atoms with E-state index in [9.17, 15) is 4.39 Å². The van der Waals surface area contributed by atoms with Gasteiger partial charge in [-0.25, -0.2) is 4.39 Å². The Labute approximate surface area is 58.4 Å². The maximum atomic E-state index is 12.6. The van der Waals surface area contributed by atoms with Crippen LogP contribution < -0.4 is 10.5 Å². The smallest absolute Gasteiger partial charge is 0.178 e. The Bertz CT molecular complexity index is 217. The van der Waals surface area contributed by atoms with Gasteiger partial charge in [-0.05, 0) is 12.1 Å². The number of nitrogens with two attached hydrogens (primary N) is 1. The van der Waals surface area contributed by atoms with E-state index < -0.39 is 5.82 Å². The van der Waals surface area contributed by atoms with Crippen LogP contribution in [0.25, 0.3) is 0 Å². The van der Waals surface area contributed by atoms with Gasteiger partial charge in [0.1, 0.15) is 0 Å². The normalized spacial score (nSPS) is 9.40. The van der Waals surface area contributed by atoms with Crippen molar-refractivity contribution in [2.45, 2.75) is 0 Å². The molecule has 0 unspecified atom stereocenters. The molecule has 1 aromatic rings. The number of hydrogen-bond donors (Lipinski definition) is 1. The summed E-state index contributed by atoms with van der Waals surface area (Å²) in [6, 6.07) is 5.26. The summed E-state index contributed by atoms with van der Waals surface area (Å²) in [4.78, 5) is 0. The average molecular weight is 140 g/mol. The van der Waals surface area contributed by atoms with Gasteiger partial charge in [-0.3, -0.25) is 0 Å². The number of ether oxygens (including phenoxy) is 1. The van der Waals surface area contributed by atoms with E-state index in [4.69, 9.17) is 5.73 Å². The Hall–Kier alpha value is -1.25. The minimum atomic E-state index is -0.553. The first kappa shape index (κ1) is 6.86. The van der Waals surface area contributed by atoms with Crippen LogP contribution in [0, 0.1) is 11.9 Å². The molecule has 0 atom stereocenters. The van der Waals surface area contributed by atoms with E-state index in [2.05, 4.69) is 10.8 Å². The van der Waals surface area contributed by atoms with E-state index in [1.807, 2.05) is 0 Å². The van der Waals surface area contributed by atoms with Gasteiger partial charge in [0.2, 0.25) is 0 Å². The Morgan fingerprint density at radius 2 is 2.40 bits per heavy atom. The van der Waals surface area contributed by atoms with Crippen molar-refractivity contribution in [3.05, 3.63) is 24.0 Å². The van der Waals surface area contributed by atoms with E-state index in [0.29, 0.717) is 5.69 Å². The van der Waals surface area contributed by atoms with Crippen LogP contribution >= 0.6 is 0 Å². The van der Waals surface area contributed by atoms with Crippen molar-refractivity contribution >= 4 is 5.69 Å². The molecule has 3 heteroatoms. The number of hydrogen-bond acceptors (Lipinski definition) is 2. The van der Waals surface area contributed by atoms with Crippen LogP contribution in [0.5, 0.6) is 5.75 Å². The number of benzene rings is 1. The number of nitrogen functional groups attached to an aromatic ring is 1. The van der Waals surface area contributed by atoms with Crippen LogP contribution in [0.1, 0.15) is 0 Å². The van der Waals surface area contributed by atoms with Crippen LogP contribution in [-0.4, -0.2) is 7.11 Å². The van der Waals surface area contributed by atoms with Crippen molar-refractivity contribution in [3.8, 4) is 5.75 Å². The summed E-state index contributed by atoms with van der Waals surface area (Å²) in [6.45, 7) is 0. The molecule has 0 amide bonds. The van der Waals surface area contributed by atoms with E-state index in [-0.39, 0.29) is 5.75 Å². The summed E-state index contributed by atoms with van der Waals surface area (Å²) < 4.78 is 17.2. The average Bonchev–Trinajstić information content (AvgIpc) is 1.88. The predicted molar refractivity (Wildman–Crippen MR) is 36.2 cm³/mol. The Balaban J connectivity index is 3.17. The van der Waals surface area contributed by atoms with Gasteiger partial charge in [-0.15, -0.1) is 0 Å². The number of anilines is 1. The molecule has 0 spiro atoms. The number of halogens is 1. The van der Waals surface area contributed by atoms with Crippen molar-refractivity contribution in [2.24, 2.45) is 0 Å². The maximum absolute atomic E-state index is 12.6. The van der Waals surface area contributed by atoms with Crippen LogP contribution in [0.4, 0.5) is 10.1 Å². The first-order valence-electron chi connectivity index (χ1n) is 2.75. The quantitative estimate of drug-likeness (QED) is 0.595. The zero-order valence-corrected chi connectivity index (χ0v) is 5.52. The summed E-state index contributed by atoms with van der Waals surface area (Å²) in [5, 5.41) is 0. The summed E-state index contributed by atoms with van der Waals surface area (Å²) in [6.07, 6.45) is 0. The van der Waals surface area contributed by atoms with Crippen LogP contribution in [0.2, 0.25) is 0 Å².